The number of carbonyl (C=O) groups is 1. The Hall–Kier alpha value is -1.55. The van der Waals surface area contributed by atoms with E-state index in [9.17, 15) is 4.79 Å². The molecule has 0 saturated carbocycles. The number of rotatable bonds is 1. The van der Waals surface area contributed by atoms with Crippen molar-refractivity contribution in [1.29, 1.82) is 0 Å². The molecule has 0 aromatic heterocycles. The van der Waals surface area contributed by atoms with Gasteiger partial charge in [-0.15, -0.1) is 0 Å². The van der Waals surface area contributed by atoms with E-state index < -0.39 is 0 Å². The van der Waals surface area contributed by atoms with Gasteiger partial charge in [0.1, 0.15) is 5.71 Å². The number of oxime groups is 1. The molecule has 15 heavy (non-hydrogen) atoms. The van der Waals surface area contributed by atoms with E-state index in [1.54, 1.807) is 18.2 Å². The van der Waals surface area contributed by atoms with Crippen molar-refractivity contribution < 1.29 is 10.0 Å². The molecule has 0 unspecified atom stereocenters. The van der Waals surface area contributed by atoms with E-state index in [1.807, 2.05) is 6.07 Å². The van der Waals surface area contributed by atoms with Crippen molar-refractivity contribution in [3.63, 3.8) is 0 Å². The van der Waals surface area contributed by atoms with Crippen LogP contribution in [0, 0.1) is 0 Å². The maximum atomic E-state index is 11.7. The number of anilines is 1. The summed E-state index contributed by atoms with van der Waals surface area (Å²) in [5.74, 6) is -0.286. The van der Waals surface area contributed by atoms with Crippen molar-refractivity contribution in [3.05, 3.63) is 29.3 Å². The SMILES string of the molecule is O=C1/C(=N/O)CCN1c1ccccc1Cl. The zero-order valence-electron chi connectivity index (χ0n) is 7.85. The number of amides is 1. The summed E-state index contributed by atoms with van der Waals surface area (Å²) in [6.07, 6.45) is 0.445. The van der Waals surface area contributed by atoms with Crippen LogP contribution in [0.4, 0.5) is 5.69 Å². The molecular formula is C10H9ClN2O2. The van der Waals surface area contributed by atoms with E-state index in [1.165, 1.54) is 4.90 Å². The molecule has 1 heterocycles. The third-order valence-electron chi connectivity index (χ3n) is 2.33. The first-order valence-electron chi connectivity index (χ1n) is 4.51. The number of carbonyl (C=O) groups excluding carboxylic acids is 1. The summed E-state index contributed by atoms with van der Waals surface area (Å²) in [6.45, 7) is 0.502. The predicted molar refractivity (Wildman–Crippen MR) is 57.6 cm³/mol. The fourth-order valence-corrected chi connectivity index (χ4v) is 1.81. The molecule has 0 atom stereocenters. The van der Waals surface area contributed by atoms with Crippen LogP contribution in [0.1, 0.15) is 6.42 Å². The maximum absolute atomic E-state index is 11.7. The Morgan fingerprint density at radius 3 is 2.73 bits per heavy atom. The van der Waals surface area contributed by atoms with Gasteiger partial charge in [0.25, 0.3) is 5.91 Å². The Bertz CT molecular complexity index is 431. The summed E-state index contributed by atoms with van der Waals surface area (Å²) in [7, 11) is 0. The maximum Gasteiger partial charge on any atom is 0.276 e. The summed E-state index contributed by atoms with van der Waals surface area (Å²) < 4.78 is 0. The molecule has 0 radical (unpaired) electrons. The van der Waals surface area contributed by atoms with Crippen molar-refractivity contribution >= 4 is 28.9 Å². The molecular weight excluding hydrogens is 216 g/mol. The molecule has 1 aliphatic rings. The van der Waals surface area contributed by atoms with Crippen LogP contribution in [0.3, 0.4) is 0 Å². The lowest BCUT2D eigenvalue weighted by Crippen LogP contribution is -2.27. The van der Waals surface area contributed by atoms with E-state index in [0.717, 1.165) is 0 Å². The molecule has 0 aliphatic carbocycles. The van der Waals surface area contributed by atoms with Crippen LogP contribution < -0.4 is 4.90 Å². The lowest BCUT2D eigenvalue weighted by atomic mass is 10.3. The molecule has 1 amide bonds. The van der Waals surface area contributed by atoms with Gasteiger partial charge in [-0.3, -0.25) is 4.79 Å². The van der Waals surface area contributed by atoms with Crippen LogP contribution in [0.25, 0.3) is 0 Å². The number of nitrogens with zero attached hydrogens (tertiary/aromatic N) is 2. The predicted octanol–water partition coefficient (Wildman–Crippen LogP) is 1.91. The second-order valence-electron chi connectivity index (χ2n) is 3.20. The van der Waals surface area contributed by atoms with Gasteiger partial charge in [-0.05, 0) is 12.1 Å². The average molecular weight is 225 g/mol. The summed E-state index contributed by atoms with van der Waals surface area (Å²) in [6, 6.07) is 7.09. The third kappa shape index (κ3) is 1.68. The Kier molecular flexibility index (Phi) is 2.60. The van der Waals surface area contributed by atoms with E-state index in [2.05, 4.69) is 5.16 Å². The van der Waals surface area contributed by atoms with Gasteiger partial charge in [-0.25, -0.2) is 0 Å². The molecule has 1 fully saturated rings. The van der Waals surface area contributed by atoms with Crippen molar-refractivity contribution in [2.75, 3.05) is 11.4 Å². The van der Waals surface area contributed by atoms with Gasteiger partial charge in [-0.1, -0.05) is 28.9 Å². The van der Waals surface area contributed by atoms with Crippen molar-refractivity contribution in [2.45, 2.75) is 6.42 Å². The highest BCUT2D eigenvalue weighted by atomic mass is 35.5. The van der Waals surface area contributed by atoms with Crippen molar-refractivity contribution in [2.24, 2.45) is 5.16 Å². The molecule has 0 spiro atoms. The first-order chi connectivity index (χ1) is 7.24. The zero-order chi connectivity index (χ0) is 10.8. The highest BCUT2D eigenvalue weighted by Gasteiger charge is 2.30. The first kappa shape index (κ1) is 9.98. The average Bonchev–Trinajstić information content (AvgIpc) is 2.60. The van der Waals surface area contributed by atoms with Crippen LogP contribution in [0.15, 0.2) is 29.4 Å². The fraction of sp³-hybridized carbons (Fsp3) is 0.200. The van der Waals surface area contributed by atoms with Gasteiger partial charge in [0, 0.05) is 13.0 Å². The smallest absolute Gasteiger partial charge is 0.276 e. The highest BCUT2D eigenvalue weighted by Crippen LogP contribution is 2.27. The number of halogens is 1. The molecule has 1 aromatic carbocycles. The standard InChI is InChI=1S/C10H9ClN2O2/c11-7-3-1-2-4-9(7)13-6-5-8(12-15)10(13)14/h1-4,15H,5-6H2/b12-8+. The number of hydrogen-bond donors (Lipinski definition) is 1. The minimum absolute atomic E-state index is 0.176. The minimum Gasteiger partial charge on any atom is -0.410 e. The Morgan fingerprint density at radius 1 is 1.40 bits per heavy atom. The van der Waals surface area contributed by atoms with Crippen LogP contribution in [0.5, 0.6) is 0 Å². The van der Waals surface area contributed by atoms with Crippen LogP contribution in [0.2, 0.25) is 5.02 Å². The summed E-state index contributed by atoms with van der Waals surface area (Å²) in [5.41, 5.74) is 0.831. The van der Waals surface area contributed by atoms with Crippen molar-refractivity contribution in [3.8, 4) is 0 Å². The molecule has 4 nitrogen and oxygen atoms in total. The van der Waals surface area contributed by atoms with Gasteiger partial charge in [0.2, 0.25) is 0 Å². The van der Waals surface area contributed by atoms with Crippen LogP contribution >= 0.6 is 11.6 Å². The number of hydrogen-bond acceptors (Lipinski definition) is 3. The summed E-state index contributed by atoms with van der Waals surface area (Å²) in [5, 5.41) is 12.1. The second kappa shape index (κ2) is 3.90. The van der Waals surface area contributed by atoms with E-state index in [0.29, 0.717) is 23.7 Å². The molecule has 1 saturated heterocycles. The van der Waals surface area contributed by atoms with Gasteiger partial charge >= 0.3 is 0 Å². The van der Waals surface area contributed by atoms with Gasteiger partial charge in [0.05, 0.1) is 10.7 Å². The Morgan fingerprint density at radius 2 is 2.13 bits per heavy atom. The molecule has 2 rings (SSSR count). The number of benzene rings is 1. The zero-order valence-corrected chi connectivity index (χ0v) is 8.61. The van der Waals surface area contributed by atoms with Crippen LogP contribution in [-0.4, -0.2) is 23.4 Å². The minimum atomic E-state index is -0.286. The van der Waals surface area contributed by atoms with E-state index >= 15 is 0 Å². The second-order valence-corrected chi connectivity index (χ2v) is 3.61. The molecule has 1 aliphatic heterocycles. The van der Waals surface area contributed by atoms with Crippen molar-refractivity contribution in [1.82, 2.24) is 0 Å². The molecule has 1 N–H and O–H groups in total. The Balaban J connectivity index is 2.35. The lowest BCUT2D eigenvalue weighted by molar-refractivity contribution is -0.112. The molecule has 5 heteroatoms. The monoisotopic (exact) mass is 224 g/mol. The third-order valence-corrected chi connectivity index (χ3v) is 2.65. The molecule has 1 aromatic rings. The quantitative estimate of drug-likeness (QED) is 0.585. The van der Waals surface area contributed by atoms with E-state index in [-0.39, 0.29) is 11.6 Å². The van der Waals surface area contributed by atoms with Gasteiger partial charge < -0.3 is 10.1 Å². The largest absolute Gasteiger partial charge is 0.410 e. The fourth-order valence-electron chi connectivity index (χ4n) is 1.58. The number of para-hydroxylation sites is 1. The highest BCUT2D eigenvalue weighted by molar-refractivity contribution is 6.46. The van der Waals surface area contributed by atoms with Crippen LogP contribution in [-0.2, 0) is 4.79 Å². The molecule has 78 valence electrons. The summed E-state index contributed by atoms with van der Waals surface area (Å²) in [4.78, 5) is 13.2. The van der Waals surface area contributed by atoms with E-state index in [4.69, 9.17) is 16.8 Å². The first-order valence-corrected chi connectivity index (χ1v) is 4.89. The molecule has 0 bridgehead atoms. The Labute approximate surface area is 91.8 Å². The normalized spacial score (nSPS) is 18.9. The lowest BCUT2D eigenvalue weighted by Gasteiger charge is -2.15. The topological polar surface area (TPSA) is 52.9 Å². The van der Waals surface area contributed by atoms with Gasteiger partial charge in [0.15, 0.2) is 0 Å². The summed E-state index contributed by atoms with van der Waals surface area (Å²) >= 11 is 5.96. The van der Waals surface area contributed by atoms with Gasteiger partial charge in [-0.2, -0.15) is 0 Å².